The predicted molar refractivity (Wildman–Crippen MR) is 143 cm³/mol. The molecule has 1 atom stereocenters. The Bertz CT molecular complexity index is 1380. The molecule has 10 heteroatoms. The average Bonchev–Trinajstić information content (AvgIpc) is 3.20. The van der Waals surface area contributed by atoms with E-state index in [-0.39, 0.29) is 30.0 Å². The molecule has 2 fully saturated rings. The van der Waals surface area contributed by atoms with Crippen LogP contribution >= 0.6 is 0 Å². The van der Waals surface area contributed by atoms with Crippen molar-refractivity contribution in [3.63, 3.8) is 0 Å². The quantitative estimate of drug-likeness (QED) is 0.599. The standard InChI is InChI=1S/C29H29N5O5/c35-25-10-9-24(26(36)30-25)34-27(37)22-8-7-21(17-23(22)28(34)38)31-15-11-19(12-16-31)18-32-13-4-14-33(29(32)39)20-5-2-1-3-6-20/h1-8,13,17,19,24H,9-12,14-16,18H2,(H,30,35,36). The summed E-state index contributed by atoms with van der Waals surface area (Å²) in [4.78, 5) is 69.8. The number of amides is 6. The SMILES string of the molecule is O=C1CCC(N2C(=O)c3ccc(N4CCC(CN5C=CCN(c6ccccc6)C5=O)CC4)cc3C2=O)C(=O)N1. The molecule has 4 heterocycles. The number of hydrogen-bond donors (Lipinski definition) is 1. The van der Waals surface area contributed by atoms with E-state index in [0.29, 0.717) is 19.0 Å². The van der Waals surface area contributed by atoms with Gasteiger partial charge in [0.2, 0.25) is 11.8 Å². The molecule has 2 saturated heterocycles. The molecule has 2 aromatic carbocycles. The Kier molecular flexibility index (Phi) is 6.38. The summed E-state index contributed by atoms with van der Waals surface area (Å²) in [6.07, 6.45) is 5.88. The first-order valence-corrected chi connectivity index (χ1v) is 13.3. The van der Waals surface area contributed by atoms with Crippen molar-refractivity contribution in [2.75, 3.05) is 36.0 Å². The smallest absolute Gasteiger partial charge is 0.328 e. The maximum Gasteiger partial charge on any atom is 0.328 e. The molecule has 0 aliphatic carbocycles. The summed E-state index contributed by atoms with van der Waals surface area (Å²) in [5.41, 5.74) is 2.30. The van der Waals surface area contributed by atoms with Gasteiger partial charge in [0.15, 0.2) is 0 Å². The number of para-hydroxylation sites is 1. The molecule has 4 aliphatic rings. The highest BCUT2D eigenvalue weighted by molar-refractivity contribution is 6.23. The normalized spacial score (nSPS) is 22.1. The molecule has 2 aromatic rings. The molecule has 6 rings (SSSR count). The number of nitrogens with one attached hydrogen (secondary N) is 1. The van der Waals surface area contributed by atoms with Crippen LogP contribution in [0.25, 0.3) is 0 Å². The van der Waals surface area contributed by atoms with Crippen LogP contribution in [0.5, 0.6) is 0 Å². The number of rotatable bonds is 5. The molecule has 1 N–H and O–H groups in total. The lowest BCUT2D eigenvalue weighted by Gasteiger charge is -2.37. The van der Waals surface area contributed by atoms with E-state index in [4.69, 9.17) is 0 Å². The largest absolute Gasteiger partial charge is 0.371 e. The number of imide groups is 2. The number of carbonyl (C=O) groups excluding carboxylic acids is 5. The van der Waals surface area contributed by atoms with Crippen molar-refractivity contribution in [2.24, 2.45) is 5.92 Å². The van der Waals surface area contributed by atoms with Gasteiger partial charge in [-0.3, -0.25) is 34.3 Å². The zero-order valence-electron chi connectivity index (χ0n) is 21.4. The van der Waals surface area contributed by atoms with E-state index in [1.165, 1.54) is 0 Å². The van der Waals surface area contributed by atoms with Gasteiger partial charge in [0.1, 0.15) is 6.04 Å². The van der Waals surface area contributed by atoms with E-state index in [0.717, 1.165) is 42.2 Å². The van der Waals surface area contributed by atoms with E-state index in [2.05, 4.69) is 10.2 Å². The van der Waals surface area contributed by atoms with Gasteiger partial charge in [-0.25, -0.2) is 4.79 Å². The molecule has 39 heavy (non-hydrogen) atoms. The highest BCUT2D eigenvalue weighted by Gasteiger charge is 2.44. The number of fused-ring (bicyclic) bond motifs is 1. The Morgan fingerprint density at radius 1 is 0.821 bits per heavy atom. The van der Waals surface area contributed by atoms with Crippen LogP contribution in [0.15, 0.2) is 60.8 Å². The zero-order chi connectivity index (χ0) is 27.1. The summed E-state index contributed by atoms with van der Waals surface area (Å²) in [7, 11) is 0. The first kappa shape index (κ1) is 24.8. The second-order valence-corrected chi connectivity index (χ2v) is 10.4. The number of hydrogen-bond acceptors (Lipinski definition) is 6. The molecular weight excluding hydrogens is 498 g/mol. The highest BCUT2D eigenvalue weighted by Crippen LogP contribution is 2.32. The van der Waals surface area contributed by atoms with Crippen LogP contribution in [0.1, 0.15) is 46.4 Å². The lowest BCUT2D eigenvalue weighted by Crippen LogP contribution is -2.54. The number of benzene rings is 2. The van der Waals surface area contributed by atoms with Crippen molar-refractivity contribution in [1.29, 1.82) is 0 Å². The van der Waals surface area contributed by atoms with Crippen LogP contribution in [-0.2, 0) is 9.59 Å². The topological polar surface area (TPSA) is 110 Å². The van der Waals surface area contributed by atoms with Crippen molar-refractivity contribution in [2.45, 2.75) is 31.7 Å². The fourth-order valence-corrected chi connectivity index (χ4v) is 5.85. The number of piperidine rings is 2. The third-order valence-corrected chi connectivity index (χ3v) is 7.98. The lowest BCUT2D eigenvalue weighted by molar-refractivity contribution is -0.136. The first-order chi connectivity index (χ1) is 18.9. The summed E-state index contributed by atoms with van der Waals surface area (Å²) in [5, 5.41) is 2.22. The minimum atomic E-state index is -0.973. The maximum absolute atomic E-state index is 13.2. The summed E-state index contributed by atoms with van der Waals surface area (Å²) in [6.45, 7) is 2.72. The van der Waals surface area contributed by atoms with Crippen LogP contribution in [0.2, 0.25) is 0 Å². The van der Waals surface area contributed by atoms with Crippen molar-refractivity contribution < 1.29 is 24.0 Å². The number of carbonyl (C=O) groups is 5. The third-order valence-electron chi connectivity index (χ3n) is 7.98. The first-order valence-electron chi connectivity index (χ1n) is 13.3. The van der Waals surface area contributed by atoms with Crippen molar-refractivity contribution in [3.05, 3.63) is 71.9 Å². The van der Waals surface area contributed by atoms with Gasteiger partial charge in [-0.1, -0.05) is 18.2 Å². The Morgan fingerprint density at radius 3 is 2.31 bits per heavy atom. The van der Waals surface area contributed by atoms with E-state index < -0.39 is 29.7 Å². The minimum absolute atomic E-state index is 0.0199. The van der Waals surface area contributed by atoms with Gasteiger partial charge in [-0.2, -0.15) is 0 Å². The van der Waals surface area contributed by atoms with Crippen molar-refractivity contribution in [3.8, 4) is 0 Å². The van der Waals surface area contributed by atoms with Crippen LogP contribution < -0.4 is 15.1 Å². The van der Waals surface area contributed by atoms with Gasteiger partial charge >= 0.3 is 6.03 Å². The van der Waals surface area contributed by atoms with Crippen molar-refractivity contribution >= 4 is 41.0 Å². The lowest BCUT2D eigenvalue weighted by atomic mass is 9.95. The molecule has 4 aliphatic heterocycles. The number of nitrogens with zero attached hydrogens (tertiary/aromatic N) is 4. The Hall–Kier alpha value is -4.47. The van der Waals surface area contributed by atoms with Gasteiger partial charge in [0, 0.05) is 50.2 Å². The molecule has 0 bridgehead atoms. The molecule has 6 amide bonds. The van der Waals surface area contributed by atoms with Gasteiger partial charge < -0.3 is 9.80 Å². The Balaban J connectivity index is 1.09. The van der Waals surface area contributed by atoms with Crippen LogP contribution in [-0.4, -0.2) is 71.7 Å². The Morgan fingerprint density at radius 2 is 1.56 bits per heavy atom. The Labute approximate surface area is 225 Å². The predicted octanol–water partition coefficient (Wildman–Crippen LogP) is 2.76. The van der Waals surface area contributed by atoms with Gasteiger partial charge in [0.05, 0.1) is 11.1 Å². The van der Waals surface area contributed by atoms with Gasteiger partial charge in [-0.05, 0) is 61.6 Å². The molecule has 10 nitrogen and oxygen atoms in total. The van der Waals surface area contributed by atoms with E-state index in [1.54, 1.807) is 21.9 Å². The van der Waals surface area contributed by atoms with Crippen LogP contribution in [0.4, 0.5) is 16.2 Å². The van der Waals surface area contributed by atoms with Gasteiger partial charge in [0.25, 0.3) is 11.8 Å². The molecular formula is C29H29N5O5. The molecule has 200 valence electrons. The molecule has 0 aromatic heterocycles. The summed E-state index contributed by atoms with van der Waals surface area (Å²) in [6, 6.07) is 13.9. The molecule has 0 saturated carbocycles. The fraction of sp³-hybridized carbons (Fsp3) is 0.345. The van der Waals surface area contributed by atoms with Gasteiger partial charge in [-0.15, -0.1) is 0 Å². The molecule has 0 spiro atoms. The van der Waals surface area contributed by atoms with E-state index in [1.807, 2.05) is 48.7 Å². The summed E-state index contributed by atoms with van der Waals surface area (Å²) in [5.74, 6) is -1.67. The minimum Gasteiger partial charge on any atom is -0.371 e. The summed E-state index contributed by atoms with van der Waals surface area (Å²) >= 11 is 0. The monoisotopic (exact) mass is 527 g/mol. The third kappa shape index (κ3) is 4.56. The van der Waals surface area contributed by atoms with Crippen LogP contribution in [0, 0.1) is 5.92 Å². The molecule has 0 radical (unpaired) electrons. The molecule has 1 unspecified atom stereocenters. The van der Waals surface area contributed by atoms with Crippen molar-refractivity contribution in [1.82, 2.24) is 15.1 Å². The maximum atomic E-state index is 13.2. The second kappa shape index (κ2) is 10.0. The number of urea groups is 1. The zero-order valence-corrected chi connectivity index (χ0v) is 21.4. The number of anilines is 2. The fourth-order valence-electron chi connectivity index (χ4n) is 5.85. The highest BCUT2D eigenvalue weighted by atomic mass is 16.2. The second-order valence-electron chi connectivity index (χ2n) is 10.4. The summed E-state index contributed by atoms with van der Waals surface area (Å²) < 4.78 is 0. The van der Waals surface area contributed by atoms with E-state index >= 15 is 0 Å². The van der Waals surface area contributed by atoms with Crippen LogP contribution in [0.3, 0.4) is 0 Å². The average molecular weight is 528 g/mol. The van der Waals surface area contributed by atoms with E-state index in [9.17, 15) is 24.0 Å².